The van der Waals surface area contributed by atoms with Gasteiger partial charge in [-0.25, -0.2) is 4.98 Å². The zero-order valence-electron chi connectivity index (χ0n) is 17.8. The second kappa shape index (κ2) is 12.6. The van der Waals surface area contributed by atoms with Gasteiger partial charge in [0, 0.05) is 25.8 Å². The minimum atomic E-state index is -0.0667. The van der Waals surface area contributed by atoms with Crippen LogP contribution in [0.2, 0.25) is 0 Å². The van der Waals surface area contributed by atoms with E-state index in [4.69, 9.17) is 4.74 Å². The number of hydrogen-bond acceptors (Lipinski definition) is 5. The van der Waals surface area contributed by atoms with Gasteiger partial charge in [-0.15, -0.1) is 0 Å². The molecule has 160 valence electrons. The molecule has 0 saturated heterocycles. The molecule has 0 spiro atoms. The van der Waals surface area contributed by atoms with E-state index >= 15 is 0 Å². The van der Waals surface area contributed by atoms with Crippen molar-refractivity contribution in [3.05, 3.63) is 34.6 Å². The molecule has 0 bridgehead atoms. The van der Waals surface area contributed by atoms with Crippen molar-refractivity contribution in [3.8, 4) is 0 Å². The summed E-state index contributed by atoms with van der Waals surface area (Å²) in [5.41, 5.74) is 0.595. The highest BCUT2D eigenvalue weighted by atomic mass is 32.2. The first-order valence-electron chi connectivity index (χ1n) is 10.6. The lowest BCUT2D eigenvalue weighted by Gasteiger charge is -2.15. The molecule has 2 aromatic rings. The van der Waals surface area contributed by atoms with E-state index in [0.29, 0.717) is 35.8 Å². The third kappa shape index (κ3) is 7.48. The van der Waals surface area contributed by atoms with Gasteiger partial charge in [0.1, 0.15) is 0 Å². The van der Waals surface area contributed by atoms with Crippen molar-refractivity contribution >= 4 is 28.6 Å². The Balaban J connectivity index is 2.07. The van der Waals surface area contributed by atoms with Crippen molar-refractivity contribution in [2.45, 2.75) is 70.6 Å². The Morgan fingerprint density at radius 2 is 2.03 bits per heavy atom. The van der Waals surface area contributed by atoms with Crippen LogP contribution >= 0.6 is 11.8 Å². The SMILES string of the molecule is CCCCCC(C)NC(=O)CSc1nc2ccccc2c(=O)n1CCCOCC. The van der Waals surface area contributed by atoms with Crippen molar-refractivity contribution in [1.29, 1.82) is 0 Å². The molecule has 1 unspecified atom stereocenters. The van der Waals surface area contributed by atoms with Crippen molar-refractivity contribution in [3.63, 3.8) is 0 Å². The molecule has 1 aromatic heterocycles. The quantitative estimate of drug-likeness (QED) is 0.302. The largest absolute Gasteiger partial charge is 0.382 e. The van der Waals surface area contributed by atoms with Crippen LogP contribution in [0.1, 0.15) is 52.9 Å². The summed E-state index contributed by atoms with van der Waals surface area (Å²) < 4.78 is 7.07. The number of amides is 1. The van der Waals surface area contributed by atoms with E-state index < -0.39 is 0 Å². The summed E-state index contributed by atoms with van der Waals surface area (Å²) >= 11 is 1.32. The molecule has 0 radical (unpaired) electrons. The molecule has 2 rings (SSSR count). The highest BCUT2D eigenvalue weighted by Gasteiger charge is 2.14. The zero-order chi connectivity index (χ0) is 21.1. The number of thioether (sulfide) groups is 1. The Hall–Kier alpha value is -1.86. The van der Waals surface area contributed by atoms with E-state index in [2.05, 4.69) is 17.2 Å². The summed E-state index contributed by atoms with van der Waals surface area (Å²) in [5, 5.41) is 4.23. The van der Waals surface area contributed by atoms with Gasteiger partial charge < -0.3 is 10.1 Å². The van der Waals surface area contributed by atoms with Crippen LogP contribution in [0, 0.1) is 0 Å². The number of ether oxygens (including phenoxy) is 1. The van der Waals surface area contributed by atoms with E-state index in [0.717, 1.165) is 19.3 Å². The molecule has 1 N–H and O–H groups in total. The Bertz CT molecular complexity index is 838. The number of para-hydroxylation sites is 1. The number of hydrogen-bond donors (Lipinski definition) is 1. The predicted molar refractivity (Wildman–Crippen MR) is 120 cm³/mol. The Labute approximate surface area is 177 Å². The van der Waals surface area contributed by atoms with E-state index in [1.54, 1.807) is 10.6 Å². The van der Waals surface area contributed by atoms with Crippen LogP contribution in [0.15, 0.2) is 34.2 Å². The molecule has 29 heavy (non-hydrogen) atoms. The van der Waals surface area contributed by atoms with Gasteiger partial charge in [0.15, 0.2) is 5.16 Å². The summed E-state index contributed by atoms with van der Waals surface area (Å²) in [7, 11) is 0. The van der Waals surface area contributed by atoms with Crippen LogP contribution in [-0.2, 0) is 16.1 Å². The van der Waals surface area contributed by atoms with Gasteiger partial charge in [0.05, 0.1) is 16.7 Å². The highest BCUT2D eigenvalue weighted by molar-refractivity contribution is 7.99. The summed E-state index contributed by atoms with van der Waals surface area (Å²) in [5.74, 6) is 0.219. The monoisotopic (exact) mass is 419 g/mol. The summed E-state index contributed by atoms with van der Waals surface area (Å²) in [6.07, 6.45) is 5.19. The number of carbonyl (C=O) groups excluding carboxylic acids is 1. The molecule has 0 aliphatic heterocycles. The standard InChI is InChI=1S/C22H33N3O3S/c1-4-6-7-11-17(3)23-20(26)16-29-22-24-19-13-9-8-12-18(19)21(27)25(22)14-10-15-28-5-2/h8-9,12-13,17H,4-7,10-11,14-16H2,1-3H3,(H,23,26). The first kappa shape index (κ1) is 23.4. The Kier molecular flexibility index (Phi) is 10.2. The second-order valence-electron chi connectivity index (χ2n) is 7.17. The molecule has 0 aliphatic carbocycles. The molecule has 1 aromatic carbocycles. The van der Waals surface area contributed by atoms with Crippen molar-refractivity contribution in [2.24, 2.45) is 0 Å². The van der Waals surface area contributed by atoms with Gasteiger partial charge in [-0.2, -0.15) is 0 Å². The average molecular weight is 420 g/mol. The van der Waals surface area contributed by atoms with Gasteiger partial charge in [0.25, 0.3) is 5.56 Å². The van der Waals surface area contributed by atoms with Crippen molar-refractivity contribution in [2.75, 3.05) is 19.0 Å². The lowest BCUT2D eigenvalue weighted by molar-refractivity contribution is -0.119. The van der Waals surface area contributed by atoms with Gasteiger partial charge in [0.2, 0.25) is 5.91 Å². The molecule has 0 fully saturated rings. The van der Waals surface area contributed by atoms with Crippen LogP contribution in [0.5, 0.6) is 0 Å². The van der Waals surface area contributed by atoms with Crippen LogP contribution in [0.4, 0.5) is 0 Å². The maximum absolute atomic E-state index is 13.0. The summed E-state index contributed by atoms with van der Waals surface area (Å²) in [6.45, 7) is 7.93. The maximum Gasteiger partial charge on any atom is 0.262 e. The number of unbranched alkanes of at least 4 members (excludes halogenated alkanes) is 2. The summed E-state index contributed by atoms with van der Waals surface area (Å²) in [4.78, 5) is 30.0. The molecular weight excluding hydrogens is 386 g/mol. The fourth-order valence-electron chi connectivity index (χ4n) is 3.14. The number of carbonyl (C=O) groups is 1. The molecule has 1 heterocycles. The first-order valence-corrected chi connectivity index (χ1v) is 11.5. The van der Waals surface area contributed by atoms with Gasteiger partial charge in [-0.3, -0.25) is 14.2 Å². The van der Waals surface area contributed by atoms with Crippen molar-refractivity contribution < 1.29 is 9.53 Å². The smallest absolute Gasteiger partial charge is 0.262 e. The van der Waals surface area contributed by atoms with Gasteiger partial charge in [-0.05, 0) is 38.8 Å². The molecule has 7 heteroatoms. The second-order valence-corrected chi connectivity index (χ2v) is 8.11. The number of nitrogens with zero attached hydrogens (tertiary/aromatic N) is 2. The first-order chi connectivity index (χ1) is 14.1. The topological polar surface area (TPSA) is 73.2 Å². The number of aromatic nitrogens is 2. The van der Waals surface area contributed by atoms with Gasteiger partial charge in [-0.1, -0.05) is 50.1 Å². The Morgan fingerprint density at radius 1 is 1.24 bits per heavy atom. The third-order valence-electron chi connectivity index (χ3n) is 4.68. The normalized spacial score (nSPS) is 12.2. The fourth-order valence-corrected chi connectivity index (χ4v) is 3.98. The zero-order valence-corrected chi connectivity index (χ0v) is 18.6. The van der Waals surface area contributed by atoms with E-state index in [-0.39, 0.29) is 23.3 Å². The van der Waals surface area contributed by atoms with E-state index in [9.17, 15) is 9.59 Å². The molecule has 1 atom stereocenters. The lowest BCUT2D eigenvalue weighted by Crippen LogP contribution is -2.34. The number of rotatable bonds is 13. The predicted octanol–water partition coefficient (Wildman–Crippen LogP) is 4.00. The average Bonchev–Trinajstić information content (AvgIpc) is 2.71. The minimum absolute atomic E-state index is 0.0257. The molecular formula is C22H33N3O3S. The maximum atomic E-state index is 13.0. The fraction of sp³-hybridized carbons (Fsp3) is 0.591. The van der Waals surface area contributed by atoms with Crippen LogP contribution in [0.25, 0.3) is 10.9 Å². The lowest BCUT2D eigenvalue weighted by atomic mass is 10.1. The molecule has 0 saturated carbocycles. The molecule has 0 aliphatic rings. The minimum Gasteiger partial charge on any atom is -0.382 e. The highest BCUT2D eigenvalue weighted by Crippen LogP contribution is 2.18. The Morgan fingerprint density at radius 3 is 2.79 bits per heavy atom. The third-order valence-corrected chi connectivity index (χ3v) is 5.66. The number of benzene rings is 1. The van der Waals surface area contributed by atoms with Crippen LogP contribution in [-0.4, -0.2) is 40.5 Å². The van der Waals surface area contributed by atoms with Gasteiger partial charge >= 0.3 is 0 Å². The number of nitrogens with one attached hydrogen (secondary N) is 1. The van der Waals surface area contributed by atoms with E-state index in [1.807, 2.05) is 32.0 Å². The summed E-state index contributed by atoms with van der Waals surface area (Å²) in [6, 6.07) is 7.50. The van der Waals surface area contributed by atoms with Crippen molar-refractivity contribution in [1.82, 2.24) is 14.9 Å². The van der Waals surface area contributed by atoms with Crippen LogP contribution < -0.4 is 10.9 Å². The molecule has 6 nitrogen and oxygen atoms in total. The van der Waals surface area contributed by atoms with Crippen LogP contribution in [0.3, 0.4) is 0 Å². The number of fused-ring (bicyclic) bond motifs is 1. The molecule has 1 amide bonds. The van der Waals surface area contributed by atoms with E-state index in [1.165, 1.54) is 24.6 Å².